The Morgan fingerprint density at radius 1 is 1.16 bits per heavy atom. The van der Waals surface area contributed by atoms with Gasteiger partial charge in [0, 0.05) is 13.2 Å². The van der Waals surface area contributed by atoms with E-state index in [0.29, 0.717) is 41.5 Å². The van der Waals surface area contributed by atoms with Crippen LogP contribution in [0.3, 0.4) is 0 Å². The van der Waals surface area contributed by atoms with Crippen molar-refractivity contribution < 1.29 is 14.3 Å². The van der Waals surface area contributed by atoms with Crippen molar-refractivity contribution in [3.8, 4) is 0 Å². The molecule has 11 heteroatoms. The zero-order chi connectivity index (χ0) is 25.5. The van der Waals surface area contributed by atoms with Crippen LogP contribution in [-0.4, -0.2) is 49.6 Å². The molecule has 2 aliphatic heterocycles. The summed E-state index contributed by atoms with van der Waals surface area (Å²) in [6.45, 7) is 3.26. The van der Waals surface area contributed by atoms with Gasteiger partial charge in [-0.3, -0.25) is 9.59 Å². The Balaban J connectivity index is 1.29. The Morgan fingerprint density at radius 3 is 2.89 bits per heavy atom. The molecular formula is C26H29N7O3S. The quantitative estimate of drug-likeness (QED) is 0.387. The number of thiazole rings is 1. The second kappa shape index (κ2) is 9.71. The average Bonchev–Trinajstić information content (AvgIpc) is 3.58. The molecule has 3 atom stereocenters. The number of amides is 2. The molecule has 37 heavy (non-hydrogen) atoms. The van der Waals surface area contributed by atoms with E-state index in [2.05, 4.69) is 27.3 Å². The van der Waals surface area contributed by atoms with Gasteiger partial charge < -0.3 is 20.7 Å². The van der Waals surface area contributed by atoms with Crippen molar-refractivity contribution in [2.75, 3.05) is 24.2 Å². The van der Waals surface area contributed by atoms with Gasteiger partial charge in [0.05, 0.1) is 45.2 Å². The number of aromatic nitrogens is 4. The van der Waals surface area contributed by atoms with Crippen molar-refractivity contribution >= 4 is 55.8 Å². The summed E-state index contributed by atoms with van der Waals surface area (Å²) in [7, 11) is 0. The van der Waals surface area contributed by atoms with Crippen LogP contribution < -0.4 is 11.1 Å². The van der Waals surface area contributed by atoms with Gasteiger partial charge in [-0.1, -0.05) is 13.0 Å². The Labute approximate surface area is 217 Å². The fourth-order valence-electron chi connectivity index (χ4n) is 5.42. The van der Waals surface area contributed by atoms with Crippen LogP contribution >= 0.6 is 11.3 Å². The molecule has 1 aromatic carbocycles. The lowest BCUT2D eigenvalue weighted by Gasteiger charge is -2.38. The molecule has 3 N–H and O–H groups in total. The third-order valence-corrected chi connectivity index (χ3v) is 8.16. The smallest absolute Gasteiger partial charge is 0.314 e. The van der Waals surface area contributed by atoms with Crippen molar-refractivity contribution in [2.24, 2.45) is 5.92 Å². The number of carbonyl (C=O) groups excluding carboxylic acids is 2. The Kier molecular flexibility index (Phi) is 6.25. The van der Waals surface area contributed by atoms with Gasteiger partial charge in [-0.25, -0.2) is 14.6 Å². The van der Waals surface area contributed by atoms with Crippen LogP contribution in [-0.2, 0) is 14.3 Å². The number of pyridine rings is 1. The molecule has 4 aromatic rings. The van der Waals surface area contributed by atoms with Crippen LogP contribution in [0.1, 0.15) is 56.9 Å². The SMILES string of the molecule is C[C@H]1CC[C@H](c2ccc3scnc3c2)N(C(=O)C(=O)Nc2cnc(N)c3cnn(C4CCCCO4)c23)C1. The van der Waals surface area contributed by atoms with E-state index in [0.717, 1.165) is 47.9 Å². The zero-order valence-corrected chi connectivity index (χ0v) is 21.4. The minimum absolute atomic E-state index is 0.189. The van der Waals surface area contributed by atoms with Gasteiger partial charge in [-0.15, -0.1) is 11.3 Å². The number of hydrogen-bond donors (Lipinski definition) is 2. The molecule has 1 unspecified atom stereocenters. The van der Waals surface area contributed by atoms with E-state index in [1.54, 1.807) is 27.1 Å². The predicted molar refractivity (Wildman–Crippen MR) is 142 cm³/mol. The van der Waals surface area contributed by atoms with Crippen molar-refractivity contribution in [2.45, 2.75) is 51.3 Å². The number of rotatable bonds is 3. The van der Waals surface area contributed by atoms with Crippen molar-refractivity contribution in [3.05, 3.63) is 41.7 Å². The molecule has 5 heterocycles. The molecular weight excluding hydrogens is 490 g/mol. The fraction of sp³-hybridized carbons (Fsp3) is 0.423. The summed E-state index contributed by atoms with van der Waals surface area (Å²) in [5.74, 6) is -0.673. The highest BCUT2D eigenvalue weighted by atomic mass is 32.1. The molecule has 6 rings (SSSR count). The lowest BCUT2D eigenvalue weighted by Crippen LogP contribution is -2.46. The molecule has 2 aliphatic rings. The Hall–Kier alpha value is -3.57. The maximum atomic E-state index is 13.6. The highest BCUT2D eigenvalue weighted by molar-refractivity contribution is 7.16. The first-order chi connectivity index (χ1) is 18.0. The predicted octanol–water partition coefficient (Wildman–Crippen LogP) is 4.26. The summed E-state index contributed by atoms with van der Waals surface area (Å²) in [5.41, 5.74) is 10.8. The van der Waals surface area contributed by atoms with Crippen LogP contribution in [0, 0.1) is 5.92 Å². The number of nitrogen functional groups attached to an aromatic ring is 1. The van der Waals surface area contributed by atoms with E-state index < -0.39 is 11.8 Å². The first-order valence-electron chi connectivity index (χ1n) is 12.7. The van der Waals surface area contributed by atoms with Crippen molar-refractivity contribution in [3.63, 3.8) is 0 Å². The van der Waals surface area contributed by atoms with Gasteiger partial charge in [0.2, 0.25) is 0 Å². The number of anilines is 2. The average molecular weight is 520 g/mol. The largest absolute Gasteiger partial charge is 0.383 e. The lowest BCUT2D eigenvalue weighted by molar-refractivity contribution is -0.146. The van der Waals surface area contributed by atoms with Crippen LogP contribution in [0.2, 0.25) is 0 Å². The second-order valence-electron chi connectivity index (χ2n) is 9.92. The molecule has 0 bridgehead atoms. The van der Waals surface area contributed by atoms with Crippen LogP contribution in [0.15, 0.2) is 36.1 Å². The molecule has 0 spiro atoms. The Morgan fingerprint density at radius 2 is 2.05 bits per heavy atom. The maximum absolute atomic E-state index is 13.6. The number of likely N-dealkylation sites (tertiary alicyclic amines) is 1. The summed E-state index contributed by atoms with van der Waals surface area (Å²) in [5, 5.41) is 7.91. The molecule has 3 aromatic heterocycles. The second-order valence-corrected chi connectivity index (χ2v) is 10.8. The molecule has 10 nitrogen and oxygen atoms in total. The van der Waals surface area contributed by atoms with Gasteiger partial charge in [0.25, 0.3) is 0 Å². The monoisotopic (exact) mass is 519 g/mol. The summed E-state index contributed by atoms with van der Waals surface area (Å²) in [4.78, 5) is 37.3. The number of nitrogens with two attached hydrogens (primary N) is 1. The maximum Gasteiger partial charge on any atom is 0.314 e. The minimum atomic E-state index is -0.709. The summed E-state index contributed by atoms with van der Waals surface area (Å²) in [6.07, 6.45) is 7.45. The standard InChI is InChI=1S/C26H29N7O3S/c1-15-5-7-20(16-6-8-21-18(10-16)29-14-37-21)32(13-15)26(35)25(34)31-19-12-28-24(27)17-11-30-33(23(17)19)22-4-2-3-9-36-22/h6,8,10-12,14-15,20,22H,2-5,7,9,13H2,1H3,(H2,27,28)(H,31,34)/t15-,20+,22?/m0/s1. The number of nitrogens with one attached hydrogen (secondary N) is 1. The topological polar surface area (TPSA) is 128 Å². The van der Waals surface area contributed by atoms with Gasteiger partial charge in [-0.05, 0) is 55.7 Å². The molecule has 0 aliphatic carbocycles. The first-order valence-corrected chi connectivity index (χ1v) is 13.6. The molecule has 2 fully saturated rings. The van der Waals surface area contributed by atoms with Crippen molar-refractivity contribution in [1.82, 2.24) is 24.6 Å². The summed E-state index contributed by atoms with van der Waals surface area (Å²) >= 11 is 1.58. The first kappa shape index (κ1) is 23.8. The number of nitrogens with zero attached hydrogens (tertiary/aromatic N) is 5. The molecule has 2 saturated heterocycles. The summed E-state index contributed by atoms with van der Waals surface area (Å²) in [6, 6.07) is 5.91. The van der Waals surface area contributed by atoms with E-state index in [1.807, 2.05) is 23.7 Å². The van der Waals surface area contributed by atoms with Gasteiger partial charge in [0.1, 0.15) is 11.3 Å². The number of hydrogen-bond acceptors (Lipinski definition) is 8. The molecule has 0 saturated carbocycles. The molecule has 2 amide bonds. The lowest BCUT2D eigenvalue weighted by atomic mass is 9.89. The van der Waals surface area contributed by atoms with Gasteiger partial charge in [-0.2, -0.15) is 5.10 Å². The third-order valence-electron chi connectivity index (χ3n) is 7.35. The third kappa shape index (κ3) is 4.42. The number of fused-ring (bicyclic) bond motifs is 2. The number of piperidine rings is 1. The number of carbonyl (C=O) groups is 2. The van der Waals surface area contributed by atoms with Crippen LogP contribution in [0.5, 0.6) is 0 Å². The van der Waals surface area contributed by atoms with Crippen LogP contribution in [0.25, 0.3) is 21.1 Å². The highest BCUT2D eigenvalue weighted by Crippen LogP contribution is 2.36. The Bertz CT molecular complexity index is 1480. The molecule has 192 valence electrons. The van der Waals surface area contributed by atoms with E-state index in [1.165, 1.54) is 6.20 Å². The van der Waals surface area contributed by atoms with E-state index in [4.69, 9.17) is 10.5 Å². The van der Waals surface area contributed by atoms with Crippen LogP contribution in [0.4, 0.5) is 11.5 Å². The van der Waals surface area contributed by atoms with Gasteiger partial charge in [0.15, 0.2) is 6.23 Å². The van der Waals surface area contributed by atoms with E-state index in [9.17, 15) is 9.59 Å². The van der Waals surface area contributed by atoms with Gasteiger partial charge >= 0.3 is 11.8 Å². The highest BCUT2D eigenvalue weighted by Gasteiger charge is 2.35. The fourth-order valence-corrected chi connectivity index (χ4v) is 6.08. The molecule has 0 radical (unpaired) electrons. The number of benzene rings is 1. The normalized spacial score (nSPS) is 22.4. The number of ether oxygens (including phenoxy) is 1. The zero-order valence-electron chi connectivity index (χ0n) is 20.6. The van der Waals surface area contributed by atoms with E-state index in [-0.39, 0.29) is 12.3 Å². The van der Waals surface area contributed by atoms with E-state index >= 15 is 0 Å². The summed E-state index contributed by atoms with van der Waals surface area (Å²) < 4.78 is 8.76. The minimum Gasteiger partial charge on any atom is -0.383 e. The van der Waals surface area contributed by atoms with Crippen molar-refractivity contribution in [1.29, 1.82) is 0 Å².